The average Bonchev–Trinajstić information content (AvgIpc) is 3.28. The van der Waals surface area contributed by atoms with Gasteiger partial charge in [-0.1, -0.05) is 36.4 Å². The fourth-order valence-corrected chi connectivity index (χ4v) is 4.36. The molecule has 0 aliphatic carbocycles. The number of primary amides is 1. The number of nitrogens with two attached hydrogens (primary N) is 1. The molecule has 144 valence electrons. The number of carbonyl (C=O) groups excluding carboxylic acids is 1. The van der Waals surface area contributed by atoms with E-state index < -0.39 is 11.7 Å². The highest BCUT2D eigenvalue weighted by Crippen LogP contribution is 2.39. The summed E-state index contributed by atoms with van der Waals surface area (Å²) in [5.41, 5.74) is 10.9. The lowest BCUT2D eigenvalue weighted by atomic mass is 9.94. The van der Waals surface area contributed by atoms with Crippen molar-refractivity contribution >= 4 is 27.7 Å². The number of benzene rings is 3. The zero-order valence-corrected chi connectivity index (χ0v) is 16.0. The molecule has 0 atom stereocenters. The van der Waals surface area contributed by atoms with Crippen LogP contribution < -0.4 is 5.73 Å². The number of aromatic amines is 1. The van der Waals surface area contributed by atoms with Crippen molar-refractivity contribution in [2.45, 2.75) is 20.0 Å². The van der Waals surface area contributed by atoms with Crippen LogP contribution in [0.3, 0.4) is 0 Å². The summed E-state index contributed by atoms with van der Waals surface area (Å²) in [6, 6.07) is 15.0. The third-order valence-corrected chi connectivity index (χ3v) is 5.60. The number of H-pyrrole nitrogens is 1. The summed E-state index contributed by atoms with van der Waals surface area (Å²) >= 11 is 0. The van der Waals surface area contributed by atoms with Gasteiger partial charge < -0.3 is 15.6 Å². The van der Waals surface area contributed by atoms with Crippen molar-refractivity contribution in [1.82, 2.24) is 9.88 Å². The summed E-state index contributed by atoms with van der Waals surface area (Å²) in [4.78, 5) is 17.4. The topological polar surface area (TPSA) is 62.1 Å². The number of amides is 1. The molecule has 1 aliphatic rings. The maximum absolute atomic E-state index is 15.3. The summed E-state index contributed by atoms with van der Waals surface area (Å²) in [7, 11) is 0. The van der Waals surface area contributed by atoms with Crippen LogP contribution in [0.15, 0.2) is 60.8 Å². The van der Waals surface area contributed by atoms with Crippen LogP contribution in [0, 0.1) is 5.82 Å². The summed E-state index contributed by atoms with van der Waals surface area (Å²) in [5, 5.41) is 1.56. The Hall–Kier alpha value is -3.60. The normalized spacial score (nSPS) is 13.7. The molecule has 0 spiro atoms. The number of halogens is 1. The number of para-hydroxylation sites is 1. The molecule has 2 heterocycles. The third-order valence-electron chi connectivity index (χ3n) is 5.60. The van der Waals surface area contributed by atoms with Gasteiger partial charge in [-0.25, -0.2) is 4.39 Å². The van der Waals surface area contributed by atoms with E-state index in [2.05, 4.69) is 28.2 Å². The van der Waals surface area contributed by atoms with Gasteiger partial charge in [-0.3, -0.25) is 4.79 Å². The van der Waals surface area contributed by atoms with Gasteiger partial charge in [0.15, 0.2) is 0 Å². The lowest BCUT2D eigenvalue weighted by Gasteiger charge is -2.11. The Morgan fingerprint density at radius 3 is 2.72 bits per heavy atom. The van der Waals surface area contributed by atoms with Gasteiger partial charge in [0.1, 0.15) is 5.82 Å². The molecule has 5 heteroatoms. The molecule has 1 aliphatic heterocycles. The van der Waals surface area contributed by atoms with E-state index in [0.717, 1.165) is 29.6 Å². The monoisotopic (exact) mass is 385 g/mol. The van der Waals surface area contributed by atoms with E-state index in [-0.39, 0.29) is 5.56 Å². The second kappa shape index (κ2) is 6.48. The number of nitrogens with one attached hydrogen (secondary N) is 1. The highest BCUT2D eigenvalue weighted by atomic mass is 19.1. The van der Waals surface area contributed by atoms with Crippen LogP contribution in [-0.4, -0.2) is 15.8 Å². The van der Waals surface area contributed by atoms with Gasteiger partial charge in [0.2, 0.25) is 0 Å². The number of hydrogen-bond donors (Lipinski definition) is 2. The van der Waals surface area contributed by atoms with Gasteiger partial charge in [0.25, 0.3) is 5.91 Å². The number of hydrogen-bond acceptors (Lipinski definition) is 2. The predicted octanol–water partition coefficient (Wildman–Crippen LogP) is 5.08. The maximum atomic E-state index is 15.3. The highest BCUT2D eigenvalue weighted by Gasteiger charge is 2.23. The molecular weight excluding hydrogens is 365 g/mol. The van der Waals surface area contributed by atoms with E-state index in [1.54, 1.807) is 0 Å². The molecule has 4 nitrogen and oxygen atoms in total. The minimum atomic E-state index is -0.650. The molecule has 0 radical (unpaired) electrons. The van der Waals surface area contributed by atoms with Crippen molar-refractivity contribution < 1.29 is 9.18 Å². The first-order chi connectivity index (χ1) is 14.1. The number of carbonyl (C=O) groups is 1. The Balaban J connectivity index is 1.79. The molecule has 0 fully saturated rings. The Kier molecular flexibility index (Phi) is 3.91. The fraction of sp³-hybridized carbons (Fsp3) is 0.125. The SMILES string of the molecule is CC=CN1Cc2ccc(-c3c(F)cc(C(N)=O)c4[nH]c5ccccc5c34)cc2C1. The van der Waals surface area contributed by atoms with E-state index in [1.165, 1.54) is 17.2 Å². The summed E-state index contributed by atoms with van der Waals surface area (Å²) in [6.45, 7) is 3.65. The molecule has 4 aromatic rings. The lowest BCUT2D eigenvalue weighted by molar-refractivity contribution is 0.100. The van der Waals surface area contributed by atoms with E-state index in [9.17, 15) is 4.79 Å². The molecule has 0 saturated carbocycles. The number of aromatic nitrogens is 1. The minimum absolute atomic E-state index is 0.165. The molecular formula is C24H20FN3O. The molecule has 0 unspecified atom stereocenters. The number of nitrogens with zero attached hydrogens (tertiary/aromatic N) is 1. The van der Waals surface area contributed by atoms with Crippen LogP contribution in [0.4, 0.5) is 4.39 Å². The molecule has 1 aromatic heterocycles. The van der Waals surface area contributed by atoms with Crippen molar-refractivity contribution in [3.8, 4) is 11.1 Å². The Morgan fingerprint density at radius 2 is 1.93 bits per heavy atom. The van der Waals surface area contributed by atoms with Gasteiger partial charge in [-0.15, -0.1) is 0 Å². The Bertz CT molecular complexity index is 1320. The summed E-state index contributed by atoms with van der Waals surface area (Å²) in [6.07, 6.45) is 4.09. The molecule has 29 heavy (non-hydrogen) atoms. The molecule has 0 saturated heterocycles. The van der Waals surface area contributed by atoms with Crippen molar-refractivity contribution in [2.24, 2.45) is 5.73 Å². The Morgan fingerprint density at radius 1 is 1.14 bits per heavy atom. The summed E-state index contributed by atoms with van der Waals surface area (Å²) < 4.78 is 15.3. The molecule has 1 amide bonds. The zero-order chi connectivity index (χ0) is 20.1. The average molecular weight is 385 g/mol. The second-order valence-electron chi connectivity index (χ2n) is 7.44. The van der Waals surface area contributed by atoms with Gasteiger partial charge in [0, 0.05) is 34.9 Å². The van der Waals surface area contributed by atoms with Gasteiger partial charge in [-0.2, -0.15) is 0 Å². The zero-order valence-electron chi connectivity index (χ0n) is 16.0. The highest BCUT2D eigenvalue weighted by molar-refractivity contribution is 6.19. The first kappa shape index (κ1) is 17.5. The Labute approximate surface area is 167 Å². The maximum Gasteiger partial charge on any atom is 0.250 e. The van der Waals surface area contributed by atoms with Crippen LogP contribution >= 0.6 is 0 Å². The molecule has 3 aromatic carbocycles. The smallest absolute Gasteiger partial charge is 0.250 e. The number of allylic oxidation sites excluding steroid dienone is 1. The first-order valence-electron chi connectivity index (χ1n) is 9.58. The van der Waals surface area contributed by atoms with Crippen molar-refractivity contribution in [2.75, 3.05) is 0 Å². The number of fused-ring (bicyclic) bond motifs is 4. The van der Waals surface area contributed by atoms with Crippen molar-refractivity contribution in [3.05, 3.63) is 83.3 Å². The van der Waals surface area contributed by atoms with Gasteiger partial charge in [0.05, 0.1) is 11.1 Å². The van der Waals surface area contributed by atoms with Crippen LogP contribution in [-0.2, 0) is 13.1 Å². The largest absolute Gasteiger partial charge is 0.369 e. The number of rotatable bonds is 3. The van der Waals surface area contributed by atoms with Crippen LogP contribution in [0.5, 0.6) is 0 Å². The lowest BCUT2D eigenvalue weighted by Crippen LogP contribution is -2.12. The van der Waals surface area contributed by atoms with E-state index in [1.807, 2.05) is 43.3 Å². The van der Waals surface area contributed by atoms with Crippen LogP contribution in [0.2, 0.25) is 0 Å². The second-order valence-corrected chi connectivity index (χ2v) is 7.44. The van der Waals surface area contributed by atoms with Crippen molar-refractivity contribution in [3.63, 3.8) is 0 Å². The summed E-state index contributed by atoms with van der Waals surface area (Å²) in [5.74, 6) is -1.10. The standard InChI is InChI=1S/C24H20FN3O/c1-2-9-28-12-15-8-7-14(10-16(15)13-28)21-19(25)11-18(24(26)29)23-22(21)17-5-3-4-6-20(17)27-23/h2-11,27H,12-13H2,1H3,(H2,26,29). The van der Waals surface area contributed by atoms with Crippen LogP contribution in [0.25, 0.3) is 32.9 Å². The quantitative estimate of drug-likeness (QED) is 0.517. The molecule has 3 N–H and O–H groups in total. The van der Waals surface area contributed by atoms with E-state index >= 15 is 4.39 Å². The first-order valence-corrected chi connectivity index (χ1v) is 9.58. The minimum Gasteiger partial charge on any atom is -0.369 e. The fourth-order valence-electron chi connectivity index (χ4n) is 4.36. The molecule has 0 bridgehead atoms. The van der Waals surface area contributed by atoms with Gasteiger partial charge >= 0.3 is 0 Å². The van der Waals surface area contributed by atoms with E-state index in [0.29, 0.717) is 16.5 Å². The third kappa shape index (κ3) is 2.70. The van der Waals surface area contributed by atoms with Gasteiger partial charge in [-0.05, 0) is 48.0 Å². The van der Waals surface area contributed by atoms with Crippen molar-refractivity contribution in [1.29, 1.82) is 0 Å². The van der Waals surface area contributed by atoms with Crippen LogP contribution in [0.1, 0.15) is 28.4 Å². The van der Waals surface area contributed by atoms with E-state index in [4.69, 9.17) is 5.73 Å². The predicted molar refractivity (Wildman–Crippen MR) is 114 cm³/mol. The molecule has 5 rings (SSSR count).